The molecular weight excluding hydrogens is 266 g/mol. The Labute approximate surface area is 127 Å². The van der Waals surface area contributed by atoms with Crippen LogP contribution in [0.5, 0.6) is 0 Å². The number of hydrogen-bond donors (Lipinski definition) is 0. The maximum atomic E-state index is 9.51. The average molecular weight is 291 g/mol. The van der Waals surface area contributed by atoms with Crippen LogP contribution in [0.1, 0.15) is 44.9 Å². The van der Waals surface area contributed by atoms with Gasteiger partial charge in [0.05, 0.1) is 24.4 Å². The lowest BCUT2D eigenvalue weighted by atomic mass is 9.79. The predicted molar refractivity (Wildman–Crippen MR) is 78.4 cm³/mol. The zero-order valence-electron chi connectivity index (χ0n) is 12.8. The fourth-order valence-electron chi connectivity index (χ4n) is 3.99. The lowest BCUT2D eigenvalue weighted by molar-refractivity contribution is 0.0392. The van der Waals surface area contributed by atoms with E-state index >= 15 is 0 Å². The summed E-state index contributed by atoms with van der Waals surface area (Å²) < 4.78 is 16.6. The molecule has 21 heavy (non-hydrogen) atoms. The van der Waals surface area contributed by atoms with E-state index in [0.29, 0.717) is 24.7 Å². The van der Waals surface area contributed by atoms with Crippen molar-refractivity contribution in [2.45, 2.75) is 63.3 Å². The number of allylic oxidation sites excluding steroid dienone is 2. The quantitative estimate of drug-likeness (QED) is 0.749. The van der Waals surface area contributed by atoms with Crippen molar-refractivity contribution in [2.75, 3.05) is 13.9 Å². The molecule has 0 amide bonds. The van der Waals surface area contributed by atoms with E-state index in [1.807, 2.05) is 0 Å². The minimum Gasteiger partial charge on any atom is -0.381 e. The second-order valence-corrected chi connectivity index (χ2v) is 6.54. The molecule has 116 valence electrons. The molecule has 1 aliphatic heterocycles. The summed E-state index contributed by atoms with van der Waals surface area (Å²) in [5.74, 6) is 0.905. The van der Waals surface area contributed by atoms with Crippen LogP contribution in [0.2, 0.25) is 0 Å². The van der Waals surface area contributed by atoms with Crippen LogP contribution in [-0.4, -0.2) is 32.2 Å². The predicted octanol–water partition coefficient (Wildman–Crippen LogP) is 3.18. The fourth-order valence-corrected chi connectivity index (χ4v) is 3.99. The van der Waals surface area contributed by atoms with E-state index in [1.54, 1.807) is 7.11 Å². The smallest absolute Gasteiger partial charge is 0.147 e. The lowest BCUT2D eigenvalue weighted by Gasteiger charge is -2.30. The number of nitriles is 1. The molecular formula is C17H25NO3. The highest BCUT2D eigenvalue weighted by Crippen LogP contribution is 2.36. The van der Waals surface area contributed by atoms with Gasteiger partial charge in [-0.2, -0.15) is 5.26 Å². The normalized spacial score (nSPS) is 40.6. The summed E-state index contributed by atoms with van der Waals surface area (Å²) in [4.78, 5) is 0. The van der Waals surface area contributed by atoms with E-state index < -0.39 is 0 Å². The molecule has 0 bridgehead atoms. The van der Waals surface area contributed by atoms with Crippen LogP contribution < -0.4 is 0 Å². The summed E-state index contributed by atoms with van der Waals surface area (Å²) in [5.41, 5.74) is 0.993. The first kappa shape index (κ1) is 15.0. The molecule has 0 aromatic rings. The van der Waals surface area contributed by atoms with Gasteiger partial charge in [0.2, 0.25) is 0 Å². The molecule has 4 nitrogen and oxygen atoms in total. The molecule has 0 unspecified atom stereocenters. The molecule has 3 fully saturated rings. The van der Waals surface area contributed by atoms with Crippen molar-refractivity contribution in [3.05, 3.63) is 11.6 Å². The van der Waals surface area contributed by atoms with Crippen LogP contribution in [0, 0.1) is 23.2 Å². The van der Waals surface area contributed by atoms with Gasteiger partial charge in [-0.15, -0.1) is 0 Å². The second kappa shape index (κ2) is 6.91. The highest BCUT2D eigenvalue weighted by atomic mass is 16.7. The molecule has 2 saturated carbocycles. The van der Waals surface area contributed by atoms with Gasteiger partial charge in [-0.25, -0.2) is 0 Å². The molecule has 1 saturated heterocycles. The molecule has 2 aliphatic carbocycles. The topological polar surface area (TPSA) is 51.5 Å². The van der Waals surface area contributed by atoms with Gasteiger partial charge in [0.25, 0.3) is 0 Å². The molecule has 4 heteroatoms. The Hall–Kier alpha value is -0.890. The maximum absolute atomic E-state index is 9.51. The lowest BCUT2D eigenvalue weighted by Crippen LogP contribution is -2.30. The zero-order valence-corrected chi connectivity index (χ0v) is 12.8. The van der Waals surface area contributed by atoms with Crippen molar-refractivity contribution in [3.8, 4) is 6.07 Å². The summed E-state index contributed by atoms with van der Waals surface area (Å²) in [6, 6.07) is 2.46. The van der Waals surface area contributed by atoms with E-state index in [9.17, 15) is 5.26 Å². The number of fused-ring (bicyclic) bond motifs is 1. The number of hydrogen-bond acceptors (Lipinski definition) is 4. The van der Waals surface area contributed by atoms with Gasteiger partial charge in [0.15, 0.2) is 0 Å². The van der Waals surface area contributed by atoms with E-state index in [2.05, 4.69) is 12.1 Å². The van der Waals surface area contributed by atoms with Gasteiger partial charge in [-0.1, -0.05) is 6.08 Å². The third-order valence-electron chi connectivity index (χ3n) is 5.33. The molecule has 0 radical (unpaired) electrons. The molecule has 0 spiro atoms. The Balaban J connectivity index is 1.59. The largest absolute Gasteiger partial charge is 0.381 e. The Kier molecular flexibility index (Phi) is 4.95. The second-order valence-electron chi connectivity index (χ2n) is 6.54. The summed E-state index contributed by atoms with van der Waals surface area (Å²) in [6.07, 6.45) is 10.6. The minimum absolute atomic E-state index is 0.240. The first-order chi connectivity index (χ1) is 10.3. The molecule has 0 aromatic heterocycles. The van der Waals surface area contributed by atoms with Crippen molar-refractivity contribution >= 4 is 0 Å². The molecule has 0 N–H and O–H groups in total. The number of ether oxygens (including phenoxy) is 3. The first-order valence-electron chi connectivity index (χ1n) is 8.18. The SMILES string of the molecule is COC1CCC(/C(C#N)=C\[C@H]2CC[C@H]3OCO[C@@H]3C2)CC1. The van der Waals surface area contributed by atoms with Crippen molar-refractivity contribution in [1.82, 2.24) is 0 Å². The molecule has 1 heterocycles. The van der Waals surface area contributed by atoms with Crippen LogP contribution >= 0.6 is 0 Å². The number of rotatable bonds is 3. The summed E-state index contributed by atoms with van der Waals surface area (Å²) >= 11 is 0. The van der Waals surface area contributed by atoms with Crippen LogP contribution in [0.15, 0.2) is 11.6 Å². The Morgan fingerprint density at radius 3 is 2.57 bits per heavy atom. The van der Waals surface area contributed by atoms with Gasteiger partial charge in [0, 0.05) is 12.7 Å². The van der Waals surface area contributed by atoms with Gasteiger partial charge in [0.1, 0.15) is 6.79 Å². The zero-order chi connectivity index (χ0) is 14.7. The summed E-state index contributed by atoms with van der Waals surface area (Å²) in [5, 5.41) is 9.51. The van der Waals surface area contributed by atoms with Crippen molar-refractivity contribution in [1.29, 1.82) is 5.26 Å². The number of methoxy groups -OCH3 is 1. The van der Waals surface area contributed by atoms with Gasteiger partial charge in [-0.05, 0) is 56.8 Å². The van der Waals surface area contributed by atoms with Gasteiger partial charge in [-0.3, -0.25) is 0 Å². The third kappa shape index (κ3) is 3.48. The molecule has 3 rings (SSSR count). The van der Waals surface area contributed by atoms with Crippen LogP contribution in [0.3, 0.4) is 0 Å². The average Bonchev–Trinajstić information content (AvgIpc) is 3.00. The van der Waals surface area contributed by atoms with Crippen LogP contribution in [0.4, 0.5) is 0 Å². The monoisotopic (exact) mass is 291 g/mol. The highest BCUT2D eigenvalue weighted by Gasteiger charge is 2.35. The summed E-state index contributed by atoms with van der Waals surface area (Å²) in [7, 11) is 1.79. The summed E-state index contributed by atoms with van der Waals surface area (Å²) in [6.45, 7) is 0.442. The van der Waals surface area contributed by atoms with E-state index in [1.165, 1.54) is 0 Å². The van der Waals surface area contributed by atoms with Crippen LogP contribution in [0.25, 0.3) is 0 Å². The Bertz CT molecular complexity index is 420. The third-order valence-corrected chi connectivity index (χ3v) is 5.33. The van der Waals surface area contributed by atoms with E-state index in [4.69, 9.17) is 14.2 Å². The van der Waals surface area contributed by atoms with Crippen LogP contribution in [-0.2, 0) is 14.2 Å². The van der Waals surface area contributed by atoms with E-state index in [-0.39, 0.29) is 12.2 Å². The maximum Gasteiger partial charge on any atom is 0.147 e. The minimum atomic E-state index is 0.240. The van der Waals surface area contributed by atoms with Gasteiger partial charge < -0.3 is 14.2 Å². The fraction of sp³-hybridized carbons (Fsp3) is 0.824. The van der Waals surface area contributed by atoms with Crippen molar-refractivity contribution in [2.24, 2.45) is 11.8 Å². The van der Waals surface area contributed by atoms with E-state index in [0.717, 1.165) is 50.5 Å². The molecule has 3 aliphatic rings. The first-order valence-corrected chi connectivity index (χ1v) is 8.18. The van der Waals surface area contributed by atoms with Crippen molar-refractivity contribution in [3.63, 3.8) is 0 Å². The number of nitrogens with zero attached hydrogens (tertiary/aromatic N) is 1. The Morgan fingerprint density at radius 2 is 1.86 bits per heavy atom. The molecule has 3 atom stereocenters. The Morgan fingerprint density at radius 1 is 1.10 bits per heavy atom. The molecule has 0 aromatic carbocycles. The van der Waals surface area contributed by atoms with Gasteiger partial charge >= 0.3 is 0 Å². The highest BCUT2D eigenvalue weighted by molar-refractivity contribution is 5.25. The standard InChI is InChI=1S/C17H25NO3/c1-19-15-5-3-13(4-6-15)14(10-18)8-12-2-7-16-17(9-12)21-11-20-16/h8,12-13,15-17H,2-7,9,11H2,1H3/b14-8-/t12-,13?,15?,16-,17-/m1/s1. The van der Waals surface area contributed by atoms with Crippen molar-refractivity contribution < 1.29 is 14.2 Å².